The Morgan fingerprint density at radius 2 is 2.00 bits per heavy atom. The van der Waals surface area contributed by atoms with Crippen LogP contribution in [0.5, 0.6) is 0 Å². The standard InChI is InChI=1S/C29H35N4O4S2/c1-17-22(25(29(36)37)32-24(17)23(18(2)34)26(32)35)21-14-31-16-30(27(38-4)28(31)39-21)13-19-8-7-9-20(12-19)15-33(3)10-5-6-11-33/h7-9,12,14,16-18,23-24,34H,5-6,10-11,13,15H2,1-4H3/q+1/p+1/t17-,18+,23+,24+/m0/s1. The van der Waals surface area contributed by atoms with E-state index in [-0.39, 0.29) is 23.6 Å². The van der Waals surface area contributed by atoms with E-state index in [4.69, 9.17) is 0 Å². The number of aliphatic hydroxyl groups is 1. The summed E-state index contributed by atoms with van der Waals surface area (Å²) in [6, 6.07) is 8.60. The molecule has 0 saturated carbocycles. The summed E-state index contributed by atoms with van der Waals surface area (Å²) in [5, 5.41) is 21.4. The van der Waals surface area contributed by atoms with Crippen molar-refractivity contribution >= 4 is 45.4 Å². The van der Waals surface area contributed by atoms with Crippen molar-refractivity contribution in [1.82, 2.24) is 9.30 Å². The molecule has 0 spiro atoms. The molecule has 3 aliphatic heterocycles. The van der Waals surface area contributed by atoms with Gasteiger partial charge in [0.25, 0.3) is 6.33 Å². The number of hydrogen-bond donors (Lipinski definition) is 2. The van der Waals surface area contributed by atoms with Gasteiger partial charge in [-0.15, -0.1) is 0 Å². The summed E-state index contributed by atoms with van der Waals surface area (Å²) < 4.78 is 5.46. The molecule has 206 valence electrons. The third kappa shape index (κ3) is 4.32. The van der Waals surface area contributed by atoms with Crippen LogP contribution in [-0.4, -0.2) is 74.4 Å². The van der Waals surface area contributed by atoms with Crippen molar-refractivity contribution in [1.29, 1.82) is 0 Å². The van der Waals surface area contributed by atoms with Gasteiger partial charge in [0.1, 0.15) is 25.0 Å². The van der Waals surface area contributed by atoms with E-state index in [9.17, 15) is 19.8 Å². The van der Waals surface area contributed by atoms with Gasteiger partial charge in [0, 0.05) is 29.9 Å². The minimum atomic E-state index is -1.10. The van der Waals surface area contributed by atoms with Gasteiger partial charge < -0.3 is 19.6 Å². The van der Waals surface area contributed by atoms with Crippen LogP contribution in [0.2, 0.25) is 0 Å². The summed E-state index contributed by atoms with van der Waals surface area (Å²) in [6.45, 7) is 7.90. The zero-order chi connectivity index (χ0) is 27.6. The lowest BCUT2D eigenvalue weighted by Gasteiger charge is -2.46. The van der Waals surface area contributed by atoms with E-state index in [2.05, 4.69) is 52.9 Å². The second-order valence-corrected chi connectivity index (χ2v) is 13.5. The van der Waals surface area contributed by atoms with E-state index in [1.165, 1.54) is 42.0 Å². The quantitative estimate of drug-likeness (QED) is 0.188. The Kier molecular flexibility index (Phi) is 6.65. The van der Waals surface area contributed by atoms with Gasteiger partial charge in [-0.2, -0.15) is 4.40 Å². The number of carbonyl (C=O) groups excluding carboxylic acids is 1. The Morgan fingerprint density at radius 3 is 2.67 bits per heavy atom. The first-order valence-electron chi connectivity index (χ1n) is 13.6. The molecule has 2 N–H and O–H groups in total. The van der Waals surface area contributed by atoms with Gasteiger partial charge >= 0.3 is 5.97 Å². The van der Waals surface area contributed by atoms with Gasteiger partial charge in [-0.25, -0.2) is 9.36 Å². The fourth-order valence-corrected chi connectivity index (χ4v) is 9.17. The highest BCUT2D eigenvalue weighted by atomic mass is 32.2. The van der Waals surface area contributed by atoms with Gasteiger partial charge in [0.05, 0.1) is 43.1 Å². The summed E-state index contributed by atoms with van der Waals surface area (Å²) in [5.41, 5.74) is 3.39. The molecule has 6 rings (SSSR count). The van der Waals surface area contributed by atoms with Gasteiger partial charge in [-0.3, -0.25) is 4.79 Å². The molecule has 2 aromatic heterocycles. The number of carbonyl (C=O) groups is 2. The normalized spacial score (nSPS) is 24.9. The maximum absolute atomic E-state index is 12.8. The molecule has 0 bridgehead atoms. The van der Waals surface area contributed by atoms with E-state index in [0.29, 0.717) is 5.57 Å². The number of likely N-dealkylation sites (tertiary alicyclic amines) is 1. The Morgan fingerprint density at radius 1 is 1.28 bits per heavy atom. The lowest BCUT2D eigenvalue weighted by Crippen LogP contribution is -2.63. The molecule has 2 fully saturated rings. The number of hydrogen-bond acceptors (Lipinski definition) is 5. The second kappa shape index (κ2) is 9.76. The molecular weight excluding hydrogens is 532 g/mol. The van der Waals surface area contributed by atoms with E-state index in [1.54, 1.807) is 30.0 Å². The minimum absolute atomic E-state index is 0.0589. The van der Waals surface area contributed by atoms with Crippen LogP contribution in [0.1, 0.15) is 42.7 Å². The highest BCUT2D eigenvalue weighted by Crippen LogP contribution is 2.51. The number of amides is 1. The SMILES string of the molecule is CSc1c2sc(C3=C(C(=O)O)N4C(=O)[C@H]([C@@H](C)O)[C@H]4[C@H]3C)cn2c[n+]1Cc1cccc(C[N+]2(C)CCCC2)c1. The molecule has 3 aromatic rings. The number of nitrogens with zero attached hydrogens (tertiary/aromatic N) is 4. The number of fused-ring (bicyclic) bond motifs is 2. The molecule has 0 aliphatic carbocycles. The summed E-state index contributed by atoms with van der Waals surface area (Å²) in [4.78, 5) is 28.4. The number of benzene rings is 1. The van der Waals surface area contributed by atoms with Gasteiger partial charge in [0.15, 0.2) is 0 Å². The number of quaternary nitrogens is 1. The fourth-order valence-electron chi connectivity index (χ4n) is 6.99. The molecule has 10 heteroatoms. The Balaban J connectivity index is 1.31. The van der Waals surface area contributed by atoms with Crippen LogP contribution < -0.4 is 4.57 Å². The fraction of sp³-hybridized carbons (Fsp3) is 0.483. The van der Waals surface area contributed by atoms with Crippen molar-refractivity contribution in [2.24, 2.45) is 11.8 Å². The molecule has 8 nitrogen and oxygen atoms in total. The summed E-state index contributed by atoms with van der Waals surface area (Å²) in [6.07, 6.45) is 7.96. The largest absolute Gasteiger partial charge is 0.477 e. The zero-order valence-electron chi connectivity index (χ0n) is 22.8. The lowest BCUT2D eigenvalue weighted by molar-refractivity contribution is -0.910. The van der Waals surface area contributed by atoms with Gasteiger partial charge in [-0.05, 0) is 24.8 Å². The second-order valence-electron chi connectivity index (χ2n) is 11.6. The average molecular weight is 569 g/mol. The Bertz CT molecular complexity index is 1500. The van der Waals surface area contributed by atoms with Crippen LogP contribution in [0.3, 0.4) is 0 Å². The van der Waals surface area contributed by atoms with Gasteiger partial charge in [0.2, 0.25) is 15.8 Å². The third-order valence-electron chi connectivity index (χ3n) is 8.79. The maximum Gasteiger partial charge on any atom is 0.352 e. The highest BCUT2D eigenvalue weighted by Gasteiger charge is 2.60. The number of carboxylic acids is 1. The van der Waals surface area contributed by atoms with E-state index >= 15 is 0 Å². The number of rotatable bonds is 8. The predicted octanol–water partition coefficient (Wildman–Crippen LogP) is 3.45. The molecular formula is C29H36N4O4S2+2. The number of thioether (sulfide) groups is 1. The number of thiazole rings is 1. The Hall–Kier alpha value is -2.66. The van der Waals surface area contributed by atoms with E-state index in [1.807, 2.05) is 13.1 Å². The van der Waals surface area contributed by atoms with Crippen molar-refractivity contribution in [3.8, 4) is 0 Å². The average Bonchev–Trinajstić information content (AvgIpc) is 3.60. The van der Waals surface area contributed by atoms with Crippen LogP contribution in [-0.2, 0) is 22.7 Å². The summed E-state index contributed by atoms with van der Waals surface area (Å²) >= 11 is 3.25. The predicted molar refractivity (Wildman–Crippen MR) is 151 cm³/mol. The van der Waals surface area contributed by atoms with Gasteiger partial charge in [-0.1, -0.05) is 48.2 Å². The van der Waals surface area contributed by atoms with Crippen molar-refractivity contribution in [3.05, 3.63) is 58.5 Å². The highest BCUT2D eigenvalue weighted by molar-refractivity contribution is 7.98. The van der Waals surface area contributed by atoms with Crippen molar-refractivity contribution in [2.75, 3.05) is 26.4 Å². The first kappa shape index (κ1) is 26.6. The number of β-lactam (4-membered cyclic amide) rings is 1. The summed E-state index contributed by atoms with van der Waals surface area (Å²) in [7, 11) is 2.36. The molecule has 4 atom stereocenters. The Labute approximate surface area is 236 Å². The van der Waals surface area contributed by atoms with Crippen LogP contribution in [0.4, 0.5) is 0 Å². The maximum atomic E-state index is 12.8. The number of imidazole rings is 1. The third-order valence-corrected chi connectivity index (χ3v) is 10.9. The minimum Gasteiger partial charge on any atom is -0.477 e. The zero-order valence-corrected chi connectivity index (χ0v) is 24.5. The van der Waals surface area contributed by atoms with Crippen LogP contribution in [0.25, 0.3) is 10.4 Å². The molecule has 0 radical (unpaired) electrons. The van der Waals surface area contributed by atoms with Crippen LogP contribution in [0.15, 0.2) is 47.5 Å². The number of carboxylic acid groups (broad SMARTS) is 1. The number of aromatic nitrogens is 2. The van der Waals surface area contributed by atoms with E-state index < -0.39 is 18.0 Å². The molecule has 5 heterocycles. The van der Waals surface area contributed by atoms with E-state index in [0.717, 1.165) is 32.3 Å². The first-order chi connectivity index (χ1) is 18.6. The van der Waals surface area contributed by atoms with Crippen LogP contribution in [0, 0.1) is 11.8 Å². The number of aliphatic carboxylic acids is 1. The first-order valence-corrected chi connectivity index (χ1v) is 15.6. The molecule has 1 aromatic carbocycles. The smallest absolute Gasteiger partial charge is 0.352 e. The molecule has 2 saturated heterocycles. The molecule has 39 heavy (non-hydrogen) atoms. The van der Waals surface area contributed by atoms with Crippen molar-refractivity contribution in [3.63, 3.8) is 0 Å². The van der Waals surface area contributed by atoms with Crippen LogP contribution >= 0.6 is 23.1 Å². The van der Waals surface area contributed by atoms with Crippen molar-refractivity contribution < 1.29 is 28.9 Å². The number of aliphatic hydroxyl groups excluding tert-OH is 1. The molecule has 3 aliphatic rings. The lowest BCUT2D eigenvalue weighted by atomic mass is 9.77. The summed E-state index contributed by atoms with van der Waals surface area (Å²) in [5.74, 6) is -2.14. The van der Waals surface area contributed by atoms with Crippen molar-refractivity contribution in [2.45, 2.75) is 57.0 Å². The monoisotopic (exact) mass is 568 g/mol. The topological polar surface area (TPSA) is 86.1 Å². The molecule has 0 unspecified atom stereocenters. The molecule has 1 amide bonds.